The molecule has 5 rings (SSSR count). The van der Waals surface area contributed by atoms with Gasteiger partial charge in [0.2, 0.25) is 5.91 Å². The van der Waals surface area contributed by atoms with Crippen molar-refractivity contribution in [1.29, 1.82) is 0 Å². The molecule has 0 radical (unpaired) electrons. The van der Waals surface area contributed by atoms with Gasteiger partial charge >= 0.3 is 6.09 Å². The van der Waals surface area contributed by atoms with Crippen LogP contribution in [0.5, 0.6) is 11.5 Å². The lowest BCUT2D eigenvalue weighted by Gasteiger charge is -2.33. The summed E-state index contributed by atoms with van der Waals surface area (Å²) in [7, 11) is 0. The number of benzene rings is 3. The SMILES string of the molecule is Cc1cc(Cl)c(OCCOc2ccc(C(Cc3ccccn3)C(CNC(=O)O)C(=O)N(Cc3cccc(C)c3C)C3CC3)cc2)c(Cl)c1. The zero-order valence-electron chi connectivity index (χ0n) is 27.4. The second-order valence-electron chi connectivity index (χ2n) is 12.3. The molecule has 2 unspecified atom stereocenters. The largest absolute Gasteiger partial charge is 0.490 e. The van der Waals surface area contributed by atoms with E-state index in [2.05, 4.69) is 36.3 Å². The van der Waals surface area contributed by atoms with Gasteiger partial charge in [-0.25, -0.2) is 4.79 Å². The molecule has 1 aliphatic carbocycles. The average molecular weight is 691 g/mol. The van der Waals surface area contributed by atoms with E-state index in [0.717, 1.165) is 40.8 Å². The van der Waals surface area contributed by atoms with Crippen LogP contribution in [0.25, 0.3) is 0 Å². The fourth-order valence-corrected chi connectivity index (χ4v) is 6.63. The van der Waals surface area contributed by atoms with Gasteiger partial charge in [0.05, 0.1) is 16.0 Å². The predicted octanol–water partition coefficient (Wildman–Crippen LogP) is 8.17. The average Bonchev–Trinajstić information content (AvgIpc) is 3.90. The Labute approximate surface area is 292 Å². The molecule has 1 aromatic heterocycles. The van der Waals surface area contributed by atoms with Crippen molar-refractivity contribution < 1.29 is 24.2 Å². The highest BCUT2D eigenvalue weighted by Crippen LogP contribution is 2.37. The Bertz CT molecular complexity index is 1690. The monoisotopic (exact) mass is 689 g/mol. The first-order chi connectivity index (χ1) is 23.1. The molecule has 252 valence electrons. The van der Waals surface area contributed by atoms with E-state index in [0.29, 0.717) is 34.5 Å². The number of rotatable bonds is 15. The lowest BCUT2D eigenvalue weighted by molar-refractivity contribution is -0.137. The molecule has 2 amide bonds. The minimum Gasteiger partial charge on any atom is -0.490 e. The summed E-state index contributed by atoms with van der Waals surface area (Å²) in [5.74, 6) is -0.0517. The summed E-state index contributed by atoms with van der Waals surface area (Å²) in [6.07, 6.45) is 2.87. The Kier molecular flexibility index (Phi) is 11.8. The third-order valence-electron chi connectivity index (χ3n) is 8.81. The Morgan fingerprint density at radius 2 is 1.67 bits per heavy atom. The van der Waals surface area contributed by atoms with Crippen molar-refractivity contribution in [2.45, 2.75) is 58.5 Å². The third-order valence-corrected chi connectivity index (χ3v) is 9.37. The Balaban J connectivity index is 1.37. The van der Waals surface area contributed by atoms with E-state index in [1.165, 1.54) is 5.56 Å². The molecule has 1 saturated carbocycles. The lowest BCUT2D eigenvalue weighted by atomic mass is 9.81. The molecule has 0 spiro atoms. The molecule has 3 aromatic carbocycles. The summed E-state index contributed by atoms with van der Waals surface area (Å²) in [5.41, 5.74) is 6.07. The Morgan fingerprint density at radius 3 is 2.31 bits per heavy atom. The Morgan fingerprint density at radius 1 is 0.958 bits per heavy atom. The van der Waals surface area contributed by atoms with Crippen LogP contribution in [0, 0.1) is 26.7 Å². The third kappa shape index (κ3) is 9.20. The minimum absolute atomic E-state index is 0.0264. The molecular weight excluding hydrogens is 649 g/mol. The van der Waals surface area contributed by atoms with E-state index in [9.17, 15) is 14.7 Å². The number of nitrogens with zero attached hydrogens (tertiary/aromatic N) is 2. The van der Waals surface area contributed by atoms with Gasteiger partial charge in [0.25, 0.3) is 0 Å². The van der Waals surface area contributed by atoms with Gasteiger partial charge in [-0.15, -0.1) is 0 Å². The standard InChI is InChI=1S/C38H41Cl2N3O5/c1-24-19-34(39)36(35(40)20-24)48-18-17-47-31-14-10-27(11-15-31)32(21-29-9-4-5-16-41-29)33(22-42-38(45)46)37(44)43(30-12-13-30)23-28-8-6-7-25(2)26(28)3/h4-11,14-16,19-20,30,32-33,42H,12-13,17-18,21-23H2,1-3H3,(H,45,46). The smallest absolute Gasteiger partial charge is 0.404 e. The van der Waals surface area contributed by atoms with Gasteiger partial charge in [-0.2, -0.15) is 0 Å². The van der Waals surface area contributed by atoms with Crippen molar-refractivity contribution in [3.8, 4) is 11.5 Å². The maximum absolute atomic E-state index is 14.6. The van der Waals surface area contributed by atoms with E-state index in [4.69, 9.17) is 32.7 Å². The van der Waals surface area contributed by atoms with Crippen LogP contribution in [0.1, 0.15) is 52.3 Å². The van der Waals surface area contributed by atoms with E-state index >= 15 is 0 Å². The summed E-state index contributed by atoms with van der Waals surface area (Å²) in [5, 5.41) is 13.0. The fourth-order valence-electron chi connectivity index (χ4n) is 5.93. The number of amides is 2. The first-order valence-corrected chi connectivity index (χ1v) is 16.9. The minimum atomic E-state index is -1.17. The van der Waals surface area contributed by atoms with Gasteiger partial charge in [0, 0.05) is 36.9 Å². The topological polar surface area (TPSA) is 101 Å². The van der Waals surface area contributed by atoms with Gasteiger partial charge < -0.3 is 24.8 Å². The number of nitrogens with one attached hydrogen (secondary N) is 1. The summed E-state index contributed by atoms with van der Waals surface area (Å²) < 4.78 is 11.7. The first-order valence-electron chi connectivity index (χ1n) is 16.1. The normalized spacial score (nSPS) is 13.8. The molecule has 1 aliphatic rings. The van der Waals surface area contributed by atoms with Crippen LogP contribution in [-0.4, -0.2) is 52.8 Å². The van der Waals surface area contributed by atoms with Crippen molar-refractivity contribution in [3.63, 3.8) is 0 Å². The number of hydrogen-bond donors (Lipinski definition) is 2. The van der Waals surface area contributed by atoms with Gasteiger partial charge in [-0.3, -0.25) is 9.78 Å². The van der Waals surface area contributed by atoms with Gasteiger partial charge in [0.1, 0.15) is 19.0 Å². The zero-order valence-corrected chi connectivity index (χ0v) is 28.9. The molecule has 0 aliphatic heterocycles. The second-order valence-corrected chi connectivity index (χ2v) is 13.1. The molecule has 0 saturated heterocycles. The van der Waals surface area contributed by atoms with Crippen LogP contribution in [0.3, 0.4) is 0 Å². The molecule has 4 aromatic rings. The molecule has 2 atom stereocenters. The number of halogens is 2. The molecule has 8 nitrogen and oxygen atoms in total. The Hall–Kier alpha value is -4.27. The number of hydrogen-bond acceptors (Lipinski definition) is 5. The number of carboxylic acid groups (broad SMARTS) is 1. The van der Waals surface area contributed by atoms with Crippen LogP contribution in [0.15, 0.2) is 79.0 Å². The first kappa shape index (κ1) is 35.0. The number of carbonyl (C=O) groups excluding carboxylic acids is 1. The number of carbonyl (C=O) groups is 2. The van der Waals surface area contributed by atoms with E-state index in [-0.39, 0.29) is 37.6 Å². The molecule has 1 fully saturated rings. The zero-order chi connectivity index (χ0) is 34.2. The van der Waals surface area contributed by atoms with Gasteiger partial charge in [-0.05, 0) is 104 Å². The summed E-state index contributed by atoms with van der Waals surface area (Å²) in [6.45, 7) is 7.00. The molecule has 0 bridgehead atoms. The molecule has 48 heavy (non-hydrogen) atoms. The second kappa shape index (κ2) is 16.2. The van der Waals surface area contributed by atoms with Crippen molar-refractivity contribution in [3.05, 3.63) is 123 Å². The molecule has 1 heterocycles. The highest BCUT2D eigenvalue weighted by molar-refractivity contribution is 6.37. The van der Waals surface area contributed by atoms with Crippen LogP contribution in [-0.2, 0) is 17.8 Å². The quantitative estimate of drug-likeness (QED) is 0.122. The maximum Gasteiger partial charge on any atom is 0.404 e. The van der Waals surface area contributed by atoms with Crippen molar-refractivity contribution in [2.75, 3.05) is 19.8 Å². The summed E-state index contributed by atoms with van der Waals surface area (Å²) >= 11 is 12.6. The fraction of sp³-hybridized carbons (Fsp3) is 0.342. The van der Waals surface area contributed by atoms with Crippen molar-refractivity contribution in [2.24, 2.45) is 5.92 Å². The van der Waals surface area contributed by atoms with Crippen LogP contribution in [0.2, 0.25) is 10.0 Å². The number of aryl methyl sites for hydroxylation is 2. The number of ether oxygens (including phenoxy) is 2. The van der Waals surface area contributed by atoms with E-state index in [1.54, 1.807) is 18.3 Å². The maximum atomic E-state index is 14.6. The van der Waals surface area contributed by atoms with E-state index < -0.39 is 12.0 Å². The number of pyridine rings is 1. The predicted molar refractivity (Wildman–Crippen MR) is 188 cm³/mol. The van der Waals surface area contributed by atoms with Crippen molar-refractivity contribution >= 4 is 35.2 Å². The highest BCUT2D eigenvalue weighted by atomic mass is 35.5. The van der Waals surface area contributed by atoms with Crippen LogP contribution in [0.4, 0.5) is 4.79 Å². The van der Waals surface area contributed by atoms with Crippen molar-refractivity contribution in [1.82, 2.24) is 15.2 Å². The van der Waals surface area contributed by atoms with Crippen LogP contribution < -0.4 is 14.8 Å². The lowest BCUT2D eigenvalue weighted by Crippen LogP contribution is -2.45. The van der Waals surface area contributed by atoms with Gasteiger partial charge in [-0.1, -0.05) is 59.6 Å². The van der Waals surface area contributed by atoms with Crippen LogP contribution >= 0.6 is 23.2 Å². The summed E-state index contributed by atoms with van der Waals surface area (Å²) in [4.78, 5) is 32.8. The van der Waals surface area contributed by atoms with Gasteiger partial charge in [0.15, 0.2) is 5.75 Å². The summed E-state index contributed by atoms with van der Waals surface area (Å²) in [6, 6.07) is 23.1. The van der Waals surface area contributed by atoms with E-state index in [1.807, 2.05) is 60.4 Å². The molecular formula is C38H41Cl2N3O5. The number of aromatic nitrogens is 1. The molecule has 10 heteroatoms. The highest BCUT2D eigenvalue weighted by Gasteiger charge is 2.40. The molecule has 2 N–H and O–H groups in total.